The number of hydrogen-bond acceptors (Lipinski definition) is 4. The van der Waals surface area contributed by atoms with Crippen LogP contribution in [0.25, 0.3) is 11.3 Å². The lowest BCUT2D eigenvalue weighted by Gasteiger charge is -2.23. The summed E-state index contributed by atoms with van der Waals surface area (Å²) in [5.74, 6) is -0.632. The van der Waals surface area contributed by atoms with E-state index >= 15 is 0 Å². The summed E-state index contributed by atoms with van der Waals surface area (Å²) >= 11 is -1.56. The third-order valence-corrected chi connectivity index (χ3v) is 6.20. The first-order chi connectivity index (χ1) is 16.2. The monoisotopic (exact) mass is 503 g/mol. The van der Waals surface area contributed by atoms with Gasteiger partial charge >= 0.3 is 6.18 Å². The third kappa shape index (κ3) is 5.16. The Morgan fingerprint density at radius 2 is 1.71 bits per heavy atom. The van der Waals surface area contributed by atoms with Gasteiger partial charge in [0.05, 0.1) is 28.2 Å². The van der Waals surface area contributed by atoms with Gasteiger partial charge in [0.2, 0.25) is 0 Å². The Kier molecular flexibility index (Phi) is 6.77. The van der Waals surface area contributed by atoms with Gasteiger partial charge in [-0.25, -0.2) is 13.5 Å². The number of rotatable bonds is 6. The first-order valence-electron chi connectivity index (χ1n) is 9.74. The third-order valence-electron chi connectivity index (χ3n) is 4.73. The summed E-state index contributed by atoms with van der Waals surface area (Å²) in [5, 5.41) is 4.72. The largest absolute Gasteiger partial charge is 0.416 e. The highest BCUT2D eigenvalue weighted by Gasteiger charge is 2.32. The number of para-hydroxylation sites is 1. The molecule has 1 unspecified atom stereocenters. The van der Waals surface area contributed by atoms with Crippen molar-refractivity contribution < 1.29 is 26.7 Å². The molecule has 1 aromatic heterocycles. The van der Waals surface area contributed by atoms with Gasteiger partial charge < -0.3 is 0 Å². The van der Waals surface area contributed by atoms with E-state index in [0.29, 0.717) is 10.8 Å². The molecule has 0 aliphatic rings. The van der Waals surface area contributed by atoms with Crippen LogP contribution in [-0.2, 0) is 17.4 Å². The minimum Gasteiger partial charge on any atom is -0.298 e. The Bertz CT molecular complexity index is 1340. The average Bonchev–Trinajstić information content (AvgIpc) is 3.28. The van der Waals surface area contributed by atoms with Gasteiger partial charge in [-0.15, -0.1) is 11.3 Å². The number of nitrogens with one attached hydrogen (secondary N) is 1. The van der Waals surface area contributed by atoms with Gasteiger partial charge in [-0.1, -0.05) is 48.5 Å². The smallest absolute Gasteiger partial charge is 0.298 e. The molecule has 4 rings (SSSR count). The molecule has 2 N–H and O–H groups in total. The van der Waals surface area contributed by atoms with E-state index in [1.807, 2.05) is 30.3 Å². The molecule has 0 radical (unpaired) electrons. The van der Waals surface area contributed by atoms with Crippen LogP contribution in [0, 0.1) is 0 Å². The number of aromatic nitrogens is 1. The van der Waals surface area contributed by atoms with Crippen molar-refractivity contribution in [3.63, 3.8) is 0 Å². The van der Waals surface area contributed by atoms with Crippen LogP contribution in [-0.4, -0.2) is 19.7 Å². The second kappa shape index (κ2) is 9.75. The summed E-state index contributed by atoms with van der Waals surface area (Å²) < 4.78 is 62.4. The lowest BCUT2D eigenvalue weighted by Crippen LogP contribution is -2.24. The van der Waals surface area contributed by atoms with Crippen molar-refractivity contribution in [2.75, 3.05) is 9.62 Å². The van der Waals surface area contributed by atoms with E-state index in [4.69, 9.17) is 0 Å². The average molecular weight is 504 g/mol. The van der Waals surface area contributed by atoms with Crippen molar-refractivity contribution in [1.29, 1.82) is 0 Å². The molecule has 3 aromatic carbocycles. The van der Waals surface area contributed by atoms with Gasteiger partial charge in [0, 0.05) is 10.9 Å². The van der Waals surface area contributed by atoms with Crippen LogP contribution in [0.2, 0.25) is 0 Å². The first-order valence-corrected chi connectivity index (χ1v) is 11.7. The van der Waals surface area contributed by atoms with E-state index in [0.717, 1.165) is 28.1 Å². The lowest BCUT2D eigenvalue weighted by atomic mass is 10.1. The van der Waals surface area contributed by atoms with Crippen molar-refractivity contribution in [2.45, 2.75) is 6.18 Å². The van der Waals surface area contributed by atoms with Crippen LogP contribution in [0.4, 0.5) is 29.7 Å². The molecule has 0 aliphatic heterocycles. The zero-order valence-corrected chi connectivity index (χ0v) is 18.8. The highest BCUT2D eigenvalue weighted by atomic mass is 32.2. The maximum absolute atomic E-state index is 13.2. The van der Waals surface area contributed by atoms with Crippen LogP contribution in [0.1, 0.15) is 15.9 Å². The van der Waals surface area contributed by atoms with E-state index in [1.54, 1.807) is 11.4 Å². The number of halogens is 3. The van der Waals surface area contributed by atoms with Gasteiger partial charge in [-0.05, 0) is 30.3 Å². The van der Waals surface area contributed by atoms with Crippen LogP contribution in [0.15, 0.2) is 84.2 Å². The van der Waals surface area contributed by atoms with Crippen molar-refractivity contribution in [2.24, 2.45) is 0 Å². The summed E-state index contributed by atoms with van der Waals surface area (Å²) in [6, 6.07) is 19.2. The Hall–Kier alpha value is -3.54. The van der Waals surface area contributed by atoms with Gasteiger partial charge in [0.1, 0.15) is 0 Å². The fourth-order valence-corrected chi connectivity index (χ4v) is 4.54. The molecule has 0 saturated carbocycles. The minimum absolute atomic E-state index is 0.0150. The quantitative estimate of drug-likeness (QED) is 0.300. The second-order valence-electron chi connectivity index (χ2n) is 6.95. The molecule has 0 bridgehead atoms. The van der Waals surface area contributed by atoms with E-state index in [1.165, 1.54) is 35.6 Å². The van der Waals surface area contributed by atoms with E-state index in [9.17, 15) is 26.7 Å². The molecule has 174 valence electrons. The molecule has 4 aromatic rings. The molecule has 6 nitrogen and oxygen atoms in total. The highest BCUT2D eigenvalue weighted by Crippen LogP contribution is 2.36. The maximum atomic E-state index is 13.2. The van der Waals surface area contributed by atoms with Gasteiger partial charge in [0.15, 0.2) is 5.13 Å². The summed E-state index contributed by atoms with van der Waals surface area (Å²) in [5.41, 5.74) is 0.288. The van der Waals surface area contributed by atoms with Crippen molar-refractivity contribution in [3.05, 3.63) is 95.4 Å². The first kappa shape index (κ1) is 23.6. The topological polar surface area (TPSA) is 82.5 Å². The number of thiazole rings is 1. The molecule has 11 heteroatoms. The van der Waals surface area contributed by atoms with Gasteiger partial charge in [0.25, 0.3) is 17.2 Å². The van der Waals surface area contributed by atoms with Gasteiger partial charge in [-0.3, -0.25) is 14.7 Å². The van der Waals surface area contributed by atoms with Crippen LogP contribution in [0.5, 0.6) is 0 Å². The molecular weight excluding hydrogens is 487 g/mol. The van der Waals surface area contributed by atoms with Crippen molar-refractivity contribution in [3.8, 4) is 11.3 Å². The van der Waals surface area contributed by atoms with E-state index in [-0.39, 0.29) is 16.9 Å². The number of benzene rings is 3. The van der Waals surface area contributed by atoms with Crippen LogP contribution >= 0.6 is 11.3 Å². The molecule has 1 amide bonds. The van der Waals surface area contributed by atoms with Crippen molar-refractivity contribution >= 4 is 45.0 Å². The summed E-state index contributed by atoms with van der Waals surface area (Å²) in [6.07, 6.45) is -4.64. The fourth-order valence-electron chi connectivity index (χ4n) is 3.20. The van der Waals surface area contributed by atoms with Crippen molar-refractivity contribution in [1.82, 2.24) is 4.98 Å². The number of amides is 1. The molecular formula is C23H16F3N3O3S2. The standard InChI is InChI=1S/C23H16F3N3O3S2/c24-23(25,26)16-9-6-10-17(13-16)29(34(31)32)20-12-5-4-11-18(20)21(30)28-22-27-19(14-33-22)15-7-2-1-3-8-15/h1-14H,(H,31,32)(H,27,28,30). The number of alkyl halides is 3. The Labute approximate surface area is 199 Å². The molecule has 0 fully saturated rings. The fraction of sp³-hybridized carbons (Fsp3) is 0.0435. The van der Waals surface area contributed by atoms with Gasteiger partial charge in [-0.2, -0.15) is 13.2 Å². The minimum atomic E-state index is -4.64. The summed E-state index contributed by atoms with van der Waals surface area (Å²) in [4.78, 5) is 17.4. The molecule has 1 atom stereocenters. The Balaban J connectivity index is 1.66. The van der Waals surface area contributed by atoms with E-state index in [2.05, 4.69) is 10.3 Å². The molecule has 0 spiro atoms. The predicted octanol–water partition coefficient (Wildman–Crippen LogP) is 6.36. The number of hydrogen-bond donors (Lipinski definition) is 2. The number of carbonyl (C=O) groups excluding carboxylic acids is 1. The van der Waals surface area contributed by atoms with Crippen LogP contribution < -0.4 is 9.62 Å². The van der Waals surface area contributed by atoms with E-state index < -0.39 is 28.9 Å². The summed E-state index contributed by atoms with van der Waals surface area (Å²) in [6.45, 7) is 0. The molecule has 0 saturated heterocycles. The normalized spacial score (nSPS) is 12.2. The van der Waals surface area contributed by atoms with Crippen LogP contribution in [0.3, 0.4) is 0 Å². The molecule has 34 heavy (non-hydrogen) atoms. The predicted molar refractivity (Wildman–Crippen MR) is 126 cm³/mol. The zero-order chi connectivity index (χ0) is 24.3. The Morgan fingerprint density at radius 3 is 2.41 bits per heavy atom. The molecule has 0 aliphatic carbocycles. The number of nitrogens with zero attached hydrogens (tertiary/aromatic N) is 2. The SMILES string of the molecule is O=C(Nc1nc(-c2ccccc2)cs1)c1ccccc1N(c1cccc(C(F)(F)F)c1)S(=O)O. The second-order valence-corrected chi connectivity index (χ2v) is 8.63. The molecule has 1 heterocycles. The maximum Gasteiger partial charge on any atom is 0.416 e. The zero-order valence-electron chi connectivity index (χ0n) is 17.2. The number of anilines is 3. The lowest BCUT2D eigenvalue weighted by molar-refractivity contribution is -0.137. The summed E-state index contributed by atoms with van der Waals surface area (Å²) in [7, 11) is 0. The Morgan fingerprint density at radius 1 is 1.00 bits per heavy atom. The number of carbonyl (C=O) groups is 1. The highest BCUT2D eigenvalue weighted by molar-refractivity contribution is 7.81.